The van der Waals surface area contributed by atoms with Crippen molar-refractivity contribution in [1.29, 1.82) is 0 Å². The van der Waals surface area contributed by atoms with E-state index in [4.69, 9.17) is 18.7 Å². The predicted molar refractivity (Wildman–Crippen MR) is 58.3 cm³/mol. The zero-order chi connectivity index (χ0) is 12.6. The second kappa shape index (κ2) is 7.16. The van der Waals surface area contributed by atoms with Gasteiger partial charge < -0.3 is 23.5 Å². The van der Waals surface area contributed by atoms with Crippen LogP contribution in [0.4, 0.5) is 0 Å². The summed E-state index contributed by atoms with van der Waals surface area (Å²) in [6, 6.07) is 1.69. The van der Waals surface area contributed by atoms with Crippen LogP contribution in [0.25, 0.3) is 0 Å². The molecule has 1 rings (SSSR count). The number of carbonyl (C=O) groups is 1. The van der Waals surface area contributed by atoms with Crippen LogP contribution in [0.2, 0.25) is 0 Å². The molecule has 17 heavy (non-hydrogen) atoms. The summed E-state index contributed by atoms with van der Waals surface area (Å²) in [5.41, 5.74) is 0.581. The molecular weight excluding hydrogens is 226 g/mol. The highest BCUT2D eigenvalue weighted by Crippen LogP contribution is 2.29. The zero-order valence-electron chi connectivity index (χ0n) is 10.0. The minimum absolute atomic E-state index is 0.108. The van der Waals surface area contributed by atoms with Crippen LogP contribution in [-0.2, 0) is 24.8 Å². The standard InChI is InChI=1S/C11H17NO5/c1-14-11(15-2,10-4-8-17-12-10)5-3-7-16-9-6-13/h4,6,8H,3,5,7,9H2,1-2H3. The van der Waals surface area contributed by atoms with E-state index < -0.39 is 5.79 Å². The maximum atomic E-state index is 10.1. The van der Waals surface area contributed by atoms with Gasteiger partial charge >= 0.3 is 0 Å². The Labute approximate surface area is 99.8 Å². The summed E-state index contributed by atoms with van der Waals surface area (Å²) in [6.07, 6.45) is 3.43. The lowest BCUT2D eigenvalue weighted by Gasteiger charge is -2.28. The molecule has 0 unspecified atom stereocenters. The second-order valence-electron chi connectivity index (χ2n) is 3.39. The van der Waals surface area contributed by atoms with Crippen molar-refractivity contribution in [2.45, 2.75) is 18.6 Å². The quantitative estimate of drug-likeness (QED) is 0.367. The smallest absolute Gasteiger partial charge is 0.215 e. The van der Waals surface area contributed by atoms with E-state index in [1.807, 2.05) is 0 Å². The third kappa shape index (κ3) is 3.62. The number of rotatable bonds is 9. The third-order valence-corrected chi connectivity index (χ3v) is 2.47. The van der Waals surface area contributed by atoms with E-state index in [0.717, 1.165) is 6.29 Å². The minimum Gasteiger partial charge on any atom is -0.374 e. The summed E-state index contributed by atoms with van der Waals surface area (Å²) in [5.74, 6) is -0.919. The van der Waals surface area contributed by atoms with Crippen LogP contribution in [0.15, 0.2) is 16.9 Å². The molecule has 0 aromatic carbocycles. The second-order valence-corrected chi connectivity index (χ2v) is 3.39. The van der Waals surface area contributed by atoms with Crippen LogP contribution >= 0.6 is 0 Å². The molecule has 0 radical (unpaired) electrons. The van der Waals surface area contributed by atoms with Gasteiger partial charge in [-0.25, -0.2) is 0 Å². The molecule has 6 nitrogen and oxygen atoms in total. The molecule has 6 heteroatoms. The highest BCUT2D eigenvalue weighted by Gasteiger charge is 2.34. The topological polar surface area (TPSA) is 70.8 Å². The van der Waals surface area contributed by atoms with Crippen LogP contribution in [0.1, 0.15) is 18.5 Å². The number of aldehydes is 1. The van der Waals surface area contributed by atoms with Gasteiger partial charge in [-0.05, 0) is 6.42 Å². The zero-order valence-corrected chi connectivity index (χ0v) is 10.0. The fraction of sp³-hybridized carbons (Fsp3) is 0.636. The summed E-state index contributed by atoms with van der Waals surface area (Å²) in [4.78, 5) is 10.1. The van der Waals surface area contributed by atoms with Gasteiger partial charge in [0.15, 0.2) is 0 Å². The summed E-state index contributed by atoms with van der Waals surface area (Å²) >= 11 is 0. The fourth-order valence-corrected chi connectivity index (χ4v) is 1.57. The van der Waals surface area contributed by atoms with Gasteiger partial charge in [-0.15, -0.1) is 0 Å². The Balaban J connectivity index is 2.51. The summed E-state index contributed by atoms with van der Waals surface area (Å²) < 4.78 is 20.6. The molecule has 0 aliphatic rings. The number of aromatic nitrogens is 1. The molecule has 0 aliphatic carbocycles. The van der Waals surface area contributed by atoms with Gasteiger partial charge in [0.2, 0.25) is 5.79 Å². The maximum absolute atomic E-state index is 10.1. The molecule has 0 atom stereocenters. The van der Waals surface area contributed by atoms with Gasteiger partial charge in [0.25, 0.3) is 0 Å². The lowest BCUT2D eigenvalue weighted by molar-refractivity contribution is -0.225. The highest BCUT2D eigenvalue weighted by molar-refractivity contribution is 5.50. The predicted octanol–water partition coefficient (Wildman–Crippen LogP) is 1.12. The normalized spacial score (nSPS) is 11.6. The van der Waals surface area contributed by atoms with E-state index in [2.05, 4.69) is 5.16 Å². The minimum atomic E-state index is -0.919. The van der Waals surface area contributed by atoms with E-state index >= 15 is 0 Å². The lowest BCUT2D eigenvalue weighted by atomic mass is 10.1. The first-order chi connectivity index (χ1) is 8.29. The monoisotopic (exact) mass is 243 g/mol. The number of carbonyl (C=O) groups excluding carboxylic acids is 1. The highest BCUT2D eigenvalue weighted by atomic mass is 16.7. The van der Waals surface area contributed by atoms with Gasteiger partial charge in [-0.1, -0.05) is 5.16 Å². The Morgan fingerprint density at radius 3 is 2.76 bits per heavy atom. The van der Waals surface area contributed by atoms with Crippen molar-refractivity contribution in [3.8, 4) is 0 Å². The van der Waals surface area contributed by atoms with Crippen molar-refractivity contribution in [3.63, 3.8) is 0 Å². The van der Waals surface area contributed by atoms with E-state index in [1.54, 1.807) is 20.3 Å². The Bertz CT molecular complexity index is 308. The van der Waals surface area contributed by atoms with Crippen LogP contribution in [0.3, 0.4) is 0 Å². The average molecular weight is 243 g/mol. The molecule has 1 aromatic rings. The Kier molecular flexibility index (Phi) is 5.82. The average Bonchev–Trinajstić information content (AvgIpc) is 2.89. The molecule has 0 amide bonds. The van der Waals surface area contributed by atoms with E-state index in [0.29, 0.717) is 25.1 Å². The number of methoxy groups -OCH3 is 2. The van der Waals surface area contributed by atoms with Crippen LogP contribution in [-0.4, -0.2) is 38.9 Å². The number of hydrogen-bond donors (Lipinski definition) is 0. The van der Waals surface area contributed by atoms with Gasteiger partial charge in [-0.3, -0.25) is 0 Å². The third-order valence-electron chi connectivity index (χ3n) is 2.47. The molecule has 96 valence electrons. The van der Waals surface area contributed by atoms with Crippen LogP contribution < -0.4 is 0 Å². The maximum Gasteiger partial charge on any atom is 0.215 e. The molecule has 0 bridgehead atoms. The molecule has 1 aromatic heterocycles. The first-order valence-corrected chi connectivity index (χ1v) is 5.31. The van der Waals surface area contributed by atoms with E-state index in [9.17, 15) is 4.79 Å². The Hall–Kier alpha value is -1.24. The lowest BCUT2D eigenvalue weighted by Crippen LogP contribution is -2.31. The van der Waals surface area contributed by atoms with E-state index in [-0.39, 0.29) is 6.61 Å². The van der Waals surface area contributed by atoms with Crippen molar-refractivity contribution in [2.75, 3.05) is 27.4 Å². The molecule has 0 aliphatic heterocycles. The van der Waals surface area contributed by atoms with Crippen molar-refractivity contribution in [2.24, 2.45) is 0 Å². The Morgan fingerprint density at radius 1 is 1.47 bits per heavy atom. The van der Waals surface area contributed by atoms with Gasteiger partial charge in [0, 0.05) is 33.3 Å². The van der Waals surface area contributed by atoms with Crippen LogP contribution in [0, 0.1) is 0 Å². The van der Waals surface area contributed by atoms with E-state index in [1.165, 1.54) is 6.26 Å². The molecule has 0 fully saturated rings. The molecular formula is C11H17NO5. The molecule has 0 saturated heterocycles. The van der Waals surface area contributed by atoms with Gasteiger partial charge in [0.05, 0.1) is 0 Å². The summed E-state index contributed by atoms with van der Waals surface area (Å²) in [7, 11) is 3.09. The molecule has 1 heterocycles. The number of ether oxygens (including phenoxy) is 3. The molecule has 0 spiro atoms. The first kappa shape index (κ1) is 13.8. The van der Waals surface area contributed by atoms with Crippen molar-refractivity contribution in [3.05, 3.63) is 18.0 Å². The van der Waals surface area contributed by atoms with Gasteiger partial charge in [0.1, 0.15) is 24.9 Å². The largest absolute Gasteiger partial charge is 0.374 e. The van der Waals surface area contributed by atoms with Crippen molar-refractivity contribution >= 4 is 6.29 Å². The van der Waals surface area contributed by atoms with Crippen LogP contribution in [0.5, 0.6) is 0 Å². The SMILES string of the molecule is COC(CCCOCC=O)(OC)c1ccon1. The fourth-order valence-electron chi connectivity index (χ4n) is 1.57. The van der Waals surface area contributed by atoms with Gasteiger partial charge in [-0.2, -0.15) is 0 Å². The number of hydrogen-bond acceptors (Lipinski definition) is 6. The molecule has 0 saturated carbocycles. The van der Waals surface area contributed by atoms with Crippen molar-refractivity contribution < 1.29 is 23.5 Å². The first-order valence-electron chi connectivity index (χ1n) is 5.31. The summed E-state index contributed by atoms with van der Waals surface area (Å²) in [6.45, 7) is 0.571. The summed E-state index contributed by atoms with van der Waals surface area (Å²) in [5, 5.41) is 3.82. The van der Waals surface area contributed by atoms with Crippen molar-refractivity contribution in [1.82, 2.24) is 5.16 Å². The Morgan fingerprint density at radius 2 is 2.24 bits per heavy atom. The number of nitrogens with zero attached hydrogens (tertiary/aromatic N) is 1. The molecule has 0 N–H and O–H groups in total.